The van der Waals surface area contributed by atoms with Crippen molar-refractivity contribution in [2.45, 2.75) is 6.42 Å². The maximum atomic E-state index is 11.4. The van der Waals surface area contributed by atoms with Crippen LogP contribution >= 0.6 is 11.6 Å². The molecule has 0 spiro atoms. The fourth-order valence-electron chi connectivity index (χ4n) is 1.15. The summed E-state index contributed by atoms with van der Waals surface area (Å²) in [6.45, 7) is 0. The second-order valence-corrected chi connectivity index (χ2v) is 3.95. The van der Waals surface area contributed by atoms with Crippen molar-refractivity contribution in [3.05, 3.63) is 47.0 Å². The third kappa shape index (κ3) is 6.23. The summed E-state index contributed by atoms with van der Waals surface area (Å²) in [5.74, 6) is -2.41. The van der Waals surface area contributed by atoms with Gasteiger partial charge in [-0.05, 0) is 17.7 Å². The molecule has 0 heterocycles. The van der Waals surface area contributed by atoms with Gasteiger partial charge in [-0.1, -0.05) is 23.7 Å². The summed E-state index contributed by atoms with van der Waals surface area (Å²) in [5.41, 5.74) is 4.94. The molecule has 0 atom stereocenters. The Morgan fingerprint density at radius 2 is 1.74 bits per heavy atom. The molecule has 2 amide bonds. The molecule has 19 heavy (non-hydrogen) atoms. The summed E-state index contributed by atoms with van der Waals surface area (Å²) in [6, 6.07) is 6.68. The molecule has 0 saturated carbocycles. The standard InChI is InChI=1S/C12H11ClN2O4/c13-9-3-1-8(2-4-9)7-11(17)15-14-10(16)5-6-12(18)19/h1-6H,7H2,(H,14,16)(H,15,17)(H,18,19)/b6-5+. The maximum Gasteiger partial charge on any atom is 0.328 e. The topological polar surface area (TPSA) is 95.5 Å². The van der Waals surface area contributed by atoms with E-state index in [0.717, 1.165) is 11.6 Å². The number of carbonyl (C=O) groups is 3. The molecule has 100 valence electrons. The number of hydrogen-bond acceptors (Lipinski definition) is 3. The quantitative estimate of drug-likeness (QED) is 0.559. The van der Waals surface area contributed by atoms with E-state index in [-0.39, 0.29) is 6.42 Å². The molecule has 0 aliphatic heterocycles. The van der Waals surface area contributed by atoms with E-state index in [1.165, 1.54) is 0 Å². The molecule has 0 radical (unpaired) electrons. The van der Waals surface area contributed by atoms with Crippen LogP contribution in [0.25, 0.3) is 0 Å². The van der Waals surface area contributed by atoms with Crippen LogP contribution in [0.5, 0.6) is 0 Å². The fourth-order valence-corrected chi connectivity index (χ4v) is 1.28. The van der Waals surface area contributed by atoms with Crippen molar-refractivity contribution in [2.75, 3.05) is 0 Å². The number of aliphatic carboxylic acids is 1. The molecule has 6 nitrogen and oxygen atoms in total. The molecule has 1 aromatic carbocycles. The summed E-state index contributed by atoms with van der Waals surface area (Å²) in [7, 11) is 0. The Kier molecular flexibility index (Phi) is 5.56. The number of halogens is 1. The largest absolute Gasteiger partial charge is 0.478 e. The smallest absolute Gasteiger partial charge is 0.328 e. The van der Waals surface area contributed by atoms with Crippen LogP contribution in [0.15, 0.2) is 36.4 Å². The predicted molar refractivity (Wildman–Crippen MR) is 68.2 cm³/mol. The number of hydrogen-bond donors (Lipinski definition) is 3. The fraction of sp³-hybridized carbons (Fsp3) is 0.0833. The number of benzene rings is 1. The molecule has 0 aliphatic carbocycles. The van der Waals surface area contributed by atoms with Crippen molar-refractivity contribution in [3.63, 3.8) is 0 Å². The highest BCUT2D eigenvalue weighted by Gasteiger charge is 2.04. The first-order chi connectivity index (χ1) is 8.97. The molecule has 0 saturated heterocycles. The van der Waals surface area contributed by atoms with E-state index in [1.807, 2.05) is 0 Å². The molecule has 0 fully saturated rings. The Labute approximate surface area is 114 Å². The van der Waals surface area contributed by atoms with Crippen molar-refractivity contribution < 1.29 is 19.5 Å². The summed E-state index contributed by atoms with van der Waals surface area (Å²) in [5, 5.41) is 8.86. The van der Waals surface area contributed by atoms with Gasteiger partial charge in [-0.25, -0.2) is 4.79 Å². The lowest BCUT2D eigenvalue weighted by Gasteiger charge is -2.05. The number of carboxylic acids is 1. The molecule has 0 aromatic heterocycles. The van der Waals surface area contributed by atoms with Gasteiger partial charge in [0.25, 0.3) is 5.91 Å². The Bertz CT molecular complexity index is 511. The van der Waals surface area contributed by atoms with Gasteiger partial charge in [0.15, 0.2) is 0 Å². The molecule has 3 N–H and O–H groups in total. The van der Waals surface area contributed by atoms with Gasteiger partial charge in [-0.2, -0.15) is 0 Å². The molecule has 0 aliphatic rings. The first-order valence-electron chi connectivity index (χ1n) is 5.21. The zero-order valence-corrected chi connectivity index (χ0v) is 10.5. The number of hydrazine groups is 1. The lowest BCUT2D eigenvalue weighted by Crippen LogP contribution is -2.41. The highest BCUT2D eigenvalue weighted by atomic mass is 35.5. The average Bonchev–Trinajstić information content (AvgIpc) is 2.36. The van der Waals surface area contributed by atoms with Crippen molar-refractivity contribution in [1.29, 1.82) is 0 Å². The minimum atomic E-state index is -1.25. The van der Waals surface area contributed by atoms with E-state index in [0.29, 0.717) is 11.1 Å². The second kappa shape index (κ2) is 7.17. The number of amides is 2. The summed E-state index contributed by atoms with van der Waals surface area (Å²) in [6.07, 6.45) is 1.53. The van der Waals surface area contributed by atoms with Gasteiger partial charge >= 0.3 is 5.97 Å². The average molecular weight is 283 g/mol. The van der Waals surface area contributed by atoms with Crippen molar-refractivity contribution in [2.24, 2.45) is 0 Å². The molecule has 7 heteroatoms. The van der Waals surface area contributed by atoms with Gasteiger partial charge in [-0.3, -0.25) is 20.4 Å². The van der Waals surface area contributed by atoms with Gasteiger partial charge in [0.1, 0.15) is 0 Å². The molecule has 1 aromatic rings. The van der Waals surface area contributed by atoms with Gasteiger partial charge in [0, 0.05) is 17.2 Å². The Balaban J connectivity index is 2.38. The predicted octanol–water partition coefficient (Wildman–Crippen LogP) is 0.671. The van der Waals surface area contributed by atoms with Crippen LogP contribution in [0.2, 0.25) is 5.02 Å². The number of carboxylic acid groups (broad SMARTS) is 1. The van der Waals surface area contributed by atoms with Crippen LogP contribution in [0.1, 0.15) is 5.56 Å². The van der Waals surface area contributed by atoms with E-state index in [9.17, 15) is 14.4 Å². The van der Waals surface area contributed by atoms with Crippen LogP contribution in [-0.4, -0.2) is 22.9 Å². The van der Waals surface area contributed by atoms with E-state index in [4.69, 9.17) is 16.7 Å². The van der Waals surface area contributed by atoms with E-state index in [1.54, 1.807) is 24.3 Å². The summed E-state index contributed by atoms with van der Waals surface area (Å²) < 4.78 is 0. The first kappa shape index (κ1) is 14.7. The van der Waals surface area contributed by atoms with E-state index in [2.05, 4.69) is 10.9 Å². The lowest BCUT2D eigenvalue weighted by molar-refractivity contribution is -0.131. The molecule has 1 rings (SSSR count). The maximum absolute atomic E-state index is 11.4. The second-order valence-electron chi connectivity index (χ2n) is 3.51. The van der Waals surface area contributed by atoms with Crippen LogP contribution in [0.3, 0.4) is 0 Å². The van der Waals surface area contributed by atoms with Crippen molar-refractivity contribution in [3.8, 4) is 0 Å². The lowest BCUT2D eigenvalue weighted by atomic mass is 10.1. The Hall–Kier alpha value is -2.34. The van der Waals surface area contributed by atoms with Crippen molar-refractivity contribution in [1.82, 2.24) is 10.9 Å². The Morgan fingerprint density at radius 3 is 2.32 bits per heavy atom. The molecule has 0 bridgehead atoms. The summed E-state index contributed by atoms with van der Waals surface area (Å²) >= 11 is 5.70. The molecular weight excluding hydrogens is 272 g/mol. The van der Waals surface area contributed by atoms with Crippen LogP contribution in [-0.2, 0) is 20.8 Å². The zero-order valence-electron chi connectivity index (χ0n) is 9.72. The number of rotatable bonds is 4. The third-order valence-corrected chi connectivity index (χ3v) is 2.23. The molecular formula is C12H11ClN2O4. The summed E-state index contributed by atoms with van der Waals surface area (Å²) in [4.78, 5) is 32.6. The van der Waals surface area contributed by atoms with Gasteiger partial charge in [-0.15, -0.1) is 0 Å². The van der Waals surface area contributed by atoms with Crippen LogP contribution in [0.4, 0.5) is 0 Å². The number of carbonyl (C=O) groups excluding carboxylic acids is 2. The van der Waals surface area contributed by atoms with Crippen LogP contribution < -0.4 is 10.9 Å². The van der Waals surface area contributed by atoms with E-state index < -0.39 is 17.8 Å². The highest BCUT2D eigenvalue weighted by Crippen LogP contribution is 2.09. The third-order valence-electron chi connectivity index (χ3n) is 1.98. The normalized spacial score (nSPS) is 10.2. The minimum Gasteiger partial charge on any atom is -0.478 e. The minimum absolute atomic E-state index is 0.0695. The highest BCUT2D eigenvalue weighted by molar-refractivity contribution is 6.30. The van der Waals surface area contributed by atoms with Crippen molar-refractivity contribution >= 4 is 29.4 Å². The SMILES string of the molecule is O=C(O)/C=C/C(=O)NNC(=O)Cc1ccc(Cl)cc1. The monoisotopic (exact) mass is 282 g/mol. The first-order valence-corrected chi connectivity index (χ1v) is 5.59. The van der Waals surface area contributed by atoms with Gasteiger partial charge < -0.3 is 5.11 Å². The molecule has 0 unspecified atom stereocenters. The van der Waals surface area contributed by atoms with Gasteiger partial charge in [0.2, 0.25) is 5.91 Å². The zero-order chi connectivity index (χ0) is 14.3. The number of nitrogens with one attached hydrogen (secondary N) is 2. The van der Waals surface area contributed by atoms with E-state index >= 15 is 0 Å². The van der Waals surface area contributed by atoms with Gasteiger partial charge in [0.05, 0.1) is 6.42 Å². The van der Waals surface area contributed by atoms with Crippen LogP contribution in [0, 0.1) is 0 Å². The Morgan fingerprint density at radius 1 is 1.11 bits per heavy atom.